The van der Waals surface area contributed by atoms with E-state index in [2.05, 4.69) is 35.4 Å². The van der Waals surface area contributed by atoms with Crippen LogP contribution in [0.5, 0.6) is 0 Å². The van der Waals surface area contributed by atoms with Gasteiger partial charge in [0.25, 0.3) is 0 Å². The number of nitrogens with one attached hydrogen (secondary N) is 1. The Bertz CT molecular complexity index is 765. The number of nitrogens with zero attached hydrogens (tertiary/aromatic N) is 1. The minimum absolute atomic E-state index is 0.743. The fourth-order valence-electron chi connectivity index (χ4n) is 2.56. The summed E-state index contributed by atoms with van der Waals surface area (Å²) in [6, 6.07) is 16.3. The highest BCUT2D eigenvalue weighted by Crippen LogP contribution is 2.31. The van der Waals surface area contributed by atoms with Crippen LogP contribution < -0.4 is 11.1 Å². The second-order valence-corrected chi connectivity index (χ2v) is 5.13. The van der Waals surface area contributed by atoms with Gasteiger partial charge >= 0.3 is 0 Å². The smallest absolute Gasteiger partial charge is 0.0724 e. The first-order valence-electron chi connectivity index (χ1n) is 7.27. The molecule has 106 valence electrons. The number of aryl methyl sites for hydroxylation is 1. The minimum Gasteiger partial charge on any atom is -0.396 e. The van der Waals surface area contributed by atoms with Crippen molar-refractivity contribution in [2.24, 2.45) is 0 Å². The number of nitrogens with two attached hydrogens (primary N) is 1. The Kier molecular flexibility index (Phi) is 3.73. The zero-order valence-electron chi connectivity index (χ0n) is 12.1. The van der Waals surface area contributed by atoms with Crippen LogP contribution in [0.2, 0.25) is 0 Å². The van der Waals surface area contributed by atoms with E-state index in [9.17, 15) is 0 Å². The molecule has 0 unspecified atom stereocenters. The van der Waals surface area contributed by atoms with E-state index in [4.69, 9.17) is 5.73 Å². The zero-order chi connectivity index (χ0) is 14.7. The van der Waals surface area contributed by atoms with Crippen molar-refractivity contribution < 1.29 is 0 Å². The van der Waals surface area contributed by atoms with Gasteiger partial charge in [-0.05, 0) is 42.3 Å². The van der Waals surface area contributed by atoms with Crippen molar-refractivity contribution in [3.8, 4) is 0 Å². The molecule has 1 heterocycles. The van der Waals surface area contributed by atoms with E-state index in [0.29, 0.717) is 0 Å². The molecule has 0 saturated carbocycles. The normalized spacial score (nSPS) is 10.7. The van der Waals surface area contributed by atoms with Crippen molar-refractivity contribution in [1.82, 2.24) is 4.98 Å². The van der Waals surface area contributed by atoms with Gasteiger partial charge in [-0.15, -0.1) is 0 Å². The number of nitrogen functional groups attached to an aromatic ring is 1. The van der Waals surface area contributed by atoms with Crippen molar-refractivity contribution in [1.29, 1.82) is 0 Å². The fourth-order valence-corrected chi connectivity index (χ4v) is 2.56. The summed E-state index contributed by atoms with van der Waals surface area (Å²) in [5.41, 5.74) is 11.3. The molecule has 0 spiro atoms. The first-order chi connectivity index (χ1) is 10.3. The summed E-state index contributed by atoms with van der Waals surface area (Å²) in [5, 5.41) is 4.45. The topological polar surface area (TPSA) is 50.9 Å². The lowest BCUT2D eigenvalue weighted by Gasteiger charge is -2.14. The predicted molar refractivity (Wildman–Crippen MR) is 89.9 cm³/mol. The highest BCUT2D eigenvalue weighted by molar-refractivity contribution is 5.97. The Morgan fingerprint density at radius 1 is 1.00 bits per heavy atom. The van der Waals surface area contributed by atoms with Gasteiger partial charge in [-0.3, -0.25) is 4.98 Å². The molecule has 0 aliphatic rings. The number of aromatic nitrogens is 1. The second-order valence-electron chi connectivity index (χ2n) is 5.13. The molecule has 0 aliphatic carbocycles. The summed E-state index contributed by atoms with van der Waals surface area (Å²) in [4.78, 5) is 4.33. The third-order valence-electron chi connectivity index (χ3n) is 3.63. The lowest BCUT2D eigenvalue weighted by molar-refractivity contribution is 0.923. The number of hydrogen-bond donors (Lipinski definition) is 2. The molecule has 3 aromatic rings. The number of para-hydroxylation sites is 1. The molecule has 3 nitrogen and oxygen atoms in total. The molecule has 3 N–H and O–H groups in total. The van der Waals surface area contributed by atoms with E-state index in [-0.39, 0.29) is 0 Å². The van der Waals surface area contributed by atoms with Crippen LogP contribution in [0.15, 0.2) is 54.7 Å². The summed E-state index contributed by atoms with van der Waals surface area (Å²) in [6.07, 6.45) is 3.96. The summed E-state index contributed by atoms with van der Waals surface area (Å²) in [7, 11) is 0. The Balaban J connectivity index is 2.00. The van der Waals surface area contributed by atoms with Gasteiger partial charge in [-0.1, -0.05) is 31.5 Å². The number of rotatable bonds is 4. The van der Waals surface area contributed by atoms with E-state index in [1.807, 2.05) is 30.3 Å². The number of fused-ring (bicyclic) bond motifs is 1. The quantitative estimate of drug-likeness (QED) is 0.690. The van der Waals surface area contributed by atoms with Crippen molar-refractivity contribution in [2.45, 2.75) is 19.8 Å². The molecular formula is C18H19N3. The molecule has 0 saturated heterocycles. The molecular weight excluding hydrogens is 258 g/mol. The number of pyridine rings is 1. The predicted octanol–water partition coefficient (Wildman–Crippen LogP) is 4.51. The molecule has 21 heavy (non-hydrogen) atoms. The first-order valence-corrected chi connectivity index (χ1v) is 7.27. The summed E-state index contributed by atoms with van der Waals surface area (Å²) in [6.45, 7) is 2.19. The van der Waals surface area contributed by atoms with Gasteiger partial charge < -0.3 is 11.1 Å². The monoisotopic (exact) mass is 277 g/mol. The van der Waals surface area contributed by atoms with Crippen LogP contribution in [0.25, 0.3) is 10.9 Å². The van der Waals surface area contributed by atoms with Gasteiger partial charge in [0, 0.05) is 17.3 Å². The van der Waals surface area contributed by atoms with Crippen LogP contribution in [0, 0.1) is 0 Å². The van der Waals surface area contributed by atoms with E-state index in [1.54, 1.807) is 6.20 Å². The van der Waals surface area contributed by atoms with Gasteiger partial charge in [-0.25, -0.2) is 0 Å². The molecule has 0 amide bonds. The Labute approximate surface area is 124 Å². The largest absolute Gasteiger partial charge is 0.396 e. The van der Waals surface area contributed by atoms with Crippen LogP contribution in [-0.2, 0) is 6.42 Å². The minimum atomic E-state index is 0.743. The van der Waals surface area contributed by atoms with E-state index >= 15 is 0 Å². The van der Waals surface area contributed by atoms with Gasteiger partial charge in [0.1, 0.15) is 0 Å². The van der Waals surface area contributed by atoms with Gasteiger partial charge in [0.05, 0.1) is 16.9 Å². The molecule has 2 aromatic carbocycles. The Morgan fingerprint density at radius 2 is 1.86 bits per heavy atom. The molecule has 3 rings (SSSR count). The lowest BCUT2D eigenvalue weighted by atomic mass is 10.1. The van der Waals surface area contributed by atoms with E-state index < -0.39 is 0 Å². The summed E-state index contributed by atoms with van der Waals surface area (Å²) < 4.78 is 0. The molecule has 0 bridgehead atoms. The Morgan fingerprint density at radius 3 is 2.71 bits per heavy atom. The van der Waals surface area contributed by atoms with Crippen LogP contribution in [0.3, 0.4) is 0 Å². The van der Waals surface area contributed by atoms with Crippen molar-refractivity contribution in [3.63, 3.8) is 0 Å². The first kappa shape index (κ1) is 13.4. The molecule has 1 aromatic heterocycles. The van der Waals surface area contributed by atoms with Crippen LogP contribution >= 0.6 is 0 Å². The highest BCUT2D eigenvalue weighted by atomic mass is 14.9. The van der Waals surface area contributed by atoms with Gasteiger partial charge in [0.2, 0.25) is 0 Å². The van der Waals surface area contributed by atoms with Gasteiger partial charge in [-0.2, -0.15) is 0 Å². The number of anilines is 3. The van der Waals surface area contributed by atoms with Crippen LogP contribution in [0.1, 0.15) is 18.9 Å². The highest BCUT2D eigenvalue weighted by Gasteiger charge is 2.07. The lowest BCUT2D eigenvalue weighted by Crippen LogP contribution is -2.00. The fraction of sp³-hybridized carbons (Fsp3) is 0.167. The molecule has 0 atom stereocenters. The standard InChI is InChI=1S/C18H19N3/c1-2-6-13-7-3-4-9-15(13)21-17-11-10-16-14(18(17)19)8-5-12-20-16/h3-5,7-12,21H,2,6,19H2,1H3. The van der Waals surface area contributed by atoms with Crippen LogP contribution in [-0.4, -0.2) is 4.98 Å². The van der Waals surface area contributed by atoms with Crippen LogP contribution in [0.4, 0.5) is 17.1 Å². The second kappa shape index (κ2) is 5.83. The average Bonchev–Trinajstić information content (AvgIpc) is 2.52. The maximum atomic E-state index is 6.29. The SMILES string of the molecule is CCCc1ccccc1Nc1ccc2ncccc2c1N. The molecule has 0 aliphatic heterocycles. The van der Waals surface area contributed by atoms with Crippen molar-refractivity contribution in [2.75, 3.05) is 11.1 Å². The third-order valence-corrected chi connectivity index (χ3v) is 3.63. The molecule has 0 radical (unpaired) electrons. The summed E-state index contributed by atoms with van der Waals surface area (Å²) in [5.74, 6) is 0. The Hall–Kier alpha value is -2.55. The molecule has 3 heteroatoms. The number of benzene rings is 2. The third kappa shape index (κ3) is 2.68. The van der Waals surface area contributed by atoms with Gasteiger partial charge in [0.15, 0.2) is 0 Å². The summed E-state index contributed by atoms with van der Waals surface area (Å²) >= 11 is 0. The van der Waals surface area contributed by atoms with Crippen molar-refractivity contribution in [3.05, 3.63) is 60.3 Å². The maximum absolute atomic E-state index is 6.29. The van der Waals surface area contributed by atoms with E-state index in [0.717, 1.165) is 40.8 Å². The van der Waals surface area contributed by atoms with E-state index in [1.165, 1.54) is 5.56 Å². The number of hydrogen-bond acceptors (Lipinski definition) is 3. The maximum Gasteiger partial charge on any atom is 0.0724 e. The zero-order valence-corrected chi connectivity index (χ0v) is 12.1. The average molecular weight is 277 g/mol. The molecule has 0 fully saturated rings. The van der Waals surface area contributed by atoms with Crippen molar-refractivity contribution >= 4 is 28.0 Å².